The molecular weight excluding hydrogens is 324 g/mol. The summed E-state index contributed by atoms with van der Waals surface area (Å²) in [7, 11) is 1.67. The summed E-state index contributed by atoms with van der Waals surface area (Å²) in [4.78, 5) is 14.7. The molecule has 1 amide bonds. The zero-order valence-electron chi connectivity index (χ0n) is 14.0. The molecule has 0 aliphatic carbocycles. The second-order valence-electron chi connectivity index (χ2n) is 6.08. The molecule has 5 heteroatoms. The van der Waals surface area contributed by atoms with Crippen molar-refractivity contribution in [1.82, 2.24) is 4.90 Å². The van der Waals surface area contributed by atoms with E-state index in [1.54, 1.807) is 13.2 Å². The van der Waals surface area contributed by atoms with Crippen LogP contribution in [0.5, 0.6) is 5.75 Å². The molecule has 1 aliphatic heterocycles. The average Bonchev–Trinajstić information content (AvgIpc) is 3.06. The maximum atomic E-state index is 12.7. The number of rotatable bonds is 3. The van der Waals surface area contributed by atoms with Crippen LogP contribution in [0.4, 0.5) is 5.69 Å². The standard InChI is InChI=1S/C19H22N2O2.ClH/c1-13-3-6-16(20)11-18(13)19(22)21-10-9-15(12-21)14-4-7-17(23-2)8-5-14;/h3-8,11,15H,9-10,12,20H2,1-2H3;1H. The van der Waals surface area contributed by atoms with Crippen LogP contribution in [0, 0.1) is 6.92 Å². The van der Waals surface area contributed by atoms with Gasteiger partial charge in [0.1, 0.15) is 5.75 Å². The van der Waals surface area contributed by atoms with Gasteiger partial charge in [0.2, 0.25) is 0 Å². The lowest BCUT2D eigenvalue weighted by atomic mass is 9.98. The molecule has 0 aromatic heterocycles. The molecule has 1 aliphatic rings. The van der Waals surface area contributed by atoms with Crippen molar-refractivity contribution >= 4 is 24.0 Å². The quantitative estimate of drug-likeness (QED) is 0.863. The van der Waals surface area contributed by atoms with Crippen LogP contribution in [0.15, 0.2) is 42.5 Å². The molecule has 1 heterocycles. The highest BCUT2D eigenvalue weighted by Gasteiger charge is 2.28. The summed E-state index contributed by atoms with van der Waals surface area (Å²) in [5.74, 6) is 1.31. The van der Waals surface area contributed by atoms with Gasteiger partial charge >= 0.3 is 0 Å². The van der Waals surface area contributed by atoms with Crippen LogP contribution >= 0.6 is 12.4 Å². The fraction of sp³-hybridized carbons (Fsp3) is 0.316. The summed E-state index contributed by atoms with van der Waals surface area (Å²) in [6.07, 6.45) is 0.986. The van der Waals surface area contributed by atoms with Gasteiger partial charge < -0.3 is 15.4 Å². The molecular formula is C19H23ClN2O2. The number of amides is 1. The zero-order valence-corrected chi connectivity index (χ0v) is 14.8. The van der Waals surface area contributed by atoms with Crippen molar-refractivity contribution < 1.29 is 9.53 Å². The first-order valence-electron chi connectivity index (χ1n) is 7.88. The van der Waals surface area contributed by atoms with Gasteiger partial charge in [-0.3, -0.25) is 4.79 Å². The van der Waals surface area contributed by atoms with E-state index in [9.17, 15) is 4.79 Å². The predicted octanol–water partition coefficient (Wildman–Crippen LogP) is 3.64. The van der Waals surface area contributed by atoms with Gasteiger partial charge in [-0.05, 0) is 48.7 Å². The SMILES string of the molecule is COc1ccc(C2CCN(C(=O)c3cc(N)ccc3C)C2)cc1.Cl. The monoisotopic (exact) mass is 346 g/mol. The molecule has 24 heavy (non-hydrogen) atoms. The maximum absolute atomic E-state index is 12.7. The molecule has 3 rings (SSSR count). The minimum Gasteiger partial charge on any atom is -0.497 e. The number of hydrogen-bond donors (Lipinski definition) is 1. The second kappa shape index (κ2) is 7.58. The number of likely N-dealkylation sites (tertiary alicyclic amines) is 1. The van der Waals surface area contributed by atoms with Crippen LogP contribution in [-0.4, -0.2) is 31.0 Å². The number of ether oxygens (including phenoxy) is 1. The molecule has 2 N–H and O–H groups in total. The molecule has 2 aromatic rings. The molecule has 1 atom stereocenters. The Kier molecular flexibility index (Phi) is 5.73. The second-order valence-corrected chi connectivity index (χ2v) is 6.08. The number of nitrogens with two attached hydrogens (primary N) is 1. The number of benzene rings is 2. The summed E-state index contributed by atoms with van der Waals surface area (Å²) in [5.41, 5.74) is 9.39. The van der Waals surface area contributed by atoms with Gasteiger partial charge in [0.05, 0.1) is 7.11 Å². The highest BCUT2D eigenvalue weighted by molar-refractivity contribution is 5.96. The van der Waals surface area contributed by atoms with E-state index in [-0.39, 0.29) is 18.3 Å². The van der Waals surface area contributed by atoms with Crippen molar-refractivity contribution in [3.63, 3.8) is 0 Å². The number of anilines is 1. The number of nitrogens with zero attached hydrogens (tertiary/aromatic N) is 1. The summed E-state index contributed by atoms with van der Waals surface area (Å²) < 4.78 is 5.20. The molecule has 2 aromatic carbocycles. The van der Waals surface area contributed by atoms with Crippen molar-refractivity contribution in [2.24, 2.45) is 0 Å². The number of halogens is 1. The van der Waals surface area contributed by atoms with Crippen LogP contribution < -0.4 is 10.5 Å². The van der Waals surface area contributed by atoms with Crippen molar-refractivity contribution in [2.75, 3.05) is 25.9 Å². The lowest BCUT2D eigenvalue weighted by Gasteiger charge is -2.18. The third-order valence-electron chi connectivity index (χ3n) is 4.55. The zero-order chi connectivity index (χ0) is 16.4. The Bertz CT molecular complexity index is 716. The van der Waals surface area contributed by atoms with Gasteiger partial charge in [-0.15, -0.1) is 12.4 Å². The smallest absolute Gasteiger partial charge is 0.254 e. The van der Waals surface area contributed by atoms with Crippen LogP contribution in [0.1, 0.15) is 33.8 Å². The lowest BCUT2D eigenvalue weighted by molar-refractivity contribution is 0.0790. The van der Waals surface area contributed by atoms with Gasteiger partial charge in [-0.25, -0.2) is 0 Å². The van der Waals surface area contributed by atoms with E-state index in [4.69, 9.17) is 10.5 Å². The summed E-state index contributed by atoms with van der Waals surface area (Å²) in [6, 6.07) is 13.6. The lowest BCUT2D eigenvalue weighted by Crippen LogP contribution is -2.29. The maximum Gasteiger partial charge on any atom is 0.254 e. The Labute approximate surface area is 149 Å². The van der Waals surface area contributed by atoms with Crippen LogP contribution in [0.25, 0.3) is 0 Å². The first-order valence-corrected chi connectivity index (χ1v) is 7.88. The highest BCUT2D eigenvalue weighted by Crippen LogP contribution is 2.30. The highest BCUT2D eigenvalue weighted by atomic mass is 35.5. The normalized spacial score (nSPS) is 16.6. The van der Waals surface area contributed by atoms with Crippen LogP contribution in [-0.2, 0) is 0 Å². The number of hydrogen-bond acceptors (Lipinski definition) is 3. The minimum atomic E-state index is 0. The van der Waals surface area contributed by atoms with E-state index in [1.165, 1.54) is 5.56 Å². The molecule has 0 radical (unpaired) electrons. The topological polar surface area (TPSA) is 55.6 Å². The Morgan fingerprint density at radius 1 is 1.21 bits per heavy atom. The van der Waals surface area contributed by atoms with Gasteiger partial charge in [-0.1, -0.05) is 18.2 Å². The third-order valence-corrected chi connectivity index (χ3v) is 4.55. The van der Waals surface area contributed by atoms with Gasteiger partial charge in [0, 0.05) is 30.3 Å². The fourth-order valence-electron chi connectivity index (χ4n) is 3.13. The molecule has 128 valence electrons. The van der Waals surface area contributed by atoms with E-state index in [0.29, 0.717) is 17.2 Å². The van der Waals surface area contributed by atoms with Crippen molar-refractivity contribution in [3.8, 4) is 5.75 Å². The largest absolute Gasteiger partial charge is 0.497 e. The number of aryl methyl sites for hydroxylation is 1. The van der Waals surface area contributed by atoms with Crippen molar-refractivity contribution in [2.45, 2.75) is 19.3 Å². The average molecular weight is 347 g/mol. The fourth-order valence-corrected chi connectivity index (χ4v) is 3.13. The van der Waals surface area contributed by atoms with E-state index in [0.717, 1.165) is 30.8 Å². The molecule has 0 bridgehead atoms. The van der Waals surface area contributed by atoms with Gasteiger partial charge in [-0.2, -0.15) is 0 Å². The first-order chi connectivity index (χ1) is 11.1. The number of nitrogen functional groups attached to an aromatic ring is 1. The van der Waals surface area contributed by atoms with Gasteiger partial charge in [0.15, 0.2) is 0 Å². The molecule has 0 spiro atoms. The summed E-state index contributed by atoms with van der Waals surface area (Å²) in [6.45, 7) is 3.48. The molecule has 1 unspecified atom stereocenters. The Morgan fingerprint density at radius 3 is 2.58 bits per heavy atom. The number of carbonyl (C=O) groups excluding carboxylic acids is 1. The summed E-state index contributed by atoms with van der Waals surface area (Å²) in [5, 5.41) is 0. The molecule has 1 saturated heterocycles. The van der Waals surface area contributed by atoms with Crippen LogP contribution in [0.2, 0.25) is 0 Å². The van der Waals surface area contributed by atoms with E-state index in [2.05, 4.69) is 12.1 Å². The van der Waals surface area contributed by atoms with Crippen molar-refractivity contribution in [1.29, 1.82) is 0 Å². The first kappa shape index (κ1) is 18.1. The van der Waals surface area contributed by atoms with Gasteiger partial charge in [0.25, 0.3) is 5.91 Å². The predicted molar refractivity (Wildman–Crippen MR) is 99.1 cm³/mol. The Morgan fingerprint density at radius 2 is 1.92 bits per heavy atom. The molecule has 1 fully saturated rings. The Balaban J connectivity index is 0.00000208. The summed E-state index contributed by atoms with van der Waals surface area (Å²) >= 11 is 0. The van der Waals surface area contributed by atoms with E-state index >= 15 is 0 Å². The number of carbonyl (C=O) groups is 1. The van der Waals surface area contributed by atoms with E-state index < -0.39 is 0 Å². The Hall–Kier alpha value is -2.20. The minimum absolute atomic E-state index is 0. The molecule has 4 nitrogen and oxygen atoms in total. The number of methoxy groups -OCH3 is 1. The third kappa shape index (κ3) is 3.65. The molecule has 0 saturated carbocycles. The van der Waals surface area contributed by atoms with Crippen LogP contribution in [0.3, 0.4) is 0 Å². The van der Waals surface area contributed by atoms with E-state index in [1.807, 2.05) is 36.1 Å². The van der Waals surface area contributed by atoms with Crippen molar-refractivity contribution in [3.05, 3.63) is 59.2 Å².